The lowest BCUT2D eigenvalue weighted by Gasteiger charge is -2.25. The Morgan fingerprint density at radius 3 is 1.50 bits per heavy atom. The molecule has 0 aliphatic heterocycles. The van der Waals surface area contributed by atoms with Crippen LogP contribution in [0.3, 0.4) is 0 Å². The normalized spacial score (nSPS) is 13.6. The smallest absolute Gasteiger partial charge is 0.332 e. The third-order valence-electron chi connectivity index (χ3n) is 6.18. The van der Waals surface area contributed by atoms with Crippen LogP contribution in [-0.2, 0) is 32.2 Å². The predicted octanol–water partition coefficient (Wildman–Crippen LogP) is 3.99. The maximum absolute atomic E-state index is 13.5. The molecule has 0 spiro atoms. The van der Waals surface area contributed by atoms with Gasteiger partial charge in [0, 0.05) is 46.4 Å². The molecule has 2 aromatic carbocycles. The minimum atomic E-state index is -0.706. The molecule has 2 heterocycles. The van der Waals surface area contributed by atoms with Gasteiger partial charge in [0.1, 0.15) is 11.6 Å². The lowest BCUT2D eigenvalue weighted by molar-refractivity contribution is -0.154. The molecular weight excluding hydrogens is 494 g/mol. The molecule has 0 radical (unpaired) electrons. The van der Waals surface area contributed by atoms with Crippen LogP contribution in [0.4, 0.5) is 8.78 Å². The largest absolute Gasteiger partial charge is 0.441 e. The molecule has 8 nitrogen and oxygen atoms in total. The topological polar surface area (TPSA) is 68.9 Å². The SMILES string of the molecule is CN(C)C(Cn1ccc2cc(F)ccc21)OC(=O)/C=C/C(=O)OC(Cn1ccc2cc(F)ccc21)N(C)C. The van der Waals surface area contributed by atoms with Crippen molar-refractivity contribution in [2.45, 2.75) is 25.5 Å². The highest BCUT2D eigenvalue weighted by Crippen LogP contribution is 2.20. The van der Waals surface area contributed by atoms with Crippen LogP contribution in [0.15, 0.2) is 73.1 Å². The van der Waals surface area contributed by atoms with Gasteiger partial charge in [-0.25, -0.2) is 18.4 Å². The first kappa shape index (κ1) is 27.0. The minimum absolute atomic E-state index is 0.309. The van der Waals surface area contributed by atoms with Gasteiger partial charge < -0.3 is 18.6 Å². The van der Waals surface area contributed by atoms with Gasteiger partial charge in [-0.15, -0.1) is 0 Å². The van der Waals surface area contributed by atoms with Gasteiger partial charge >= 0.3 is 11.9 Å². The van der Waals surface area contributed by atoms with Crippen molar-refractivity contribution in [2.24, 2.45) is 0 Å². The van der Waals surface area contributed by atoms with Gasteiger partial charge in [0.25, 0.3) is 0 Å². The maximum atomic E-state index is 13.5. The monoisotopic (exact) mass is 524 g/mol. The Labute approximate surface area is 219 Å². The maximum Gasteiger partial charge on any atom is 0.332 e. The first-order chi connectivity index (χ1) is 18.1. The van der Waals surface area contributed by atoms with Crippen LogP contribution in [0.1, 0.15) is 0 Å². The van der Waals surface area contributed by atoms with E-state index in [0.717, 1.165) is 34.0 Å². The molecule has 0 bridgehead atoms. The summed E-state index contributed by atoms with van der Waals surface area (Å²) in [5, 5.41) is 1.49. The summed E-state index contributed by atoms with van der Waals surface area (Å²) in [6, 6.07) is 12.6. The Hall–Kier alpha value is -4.02. The second-order valence-electron chi connectivity index (χ2n) is 9.39. The molecule has 0 fully saturated rings. The van der Waals surface area contributed by atoms with Gasteiger partial charge in [-0.1, -0.05) is 0 Å². The lowest BCUT2D eigenvalue weighted by Crippen LogP contribution is -2.36. The summed E-state index contributed by atoms with van der Waals surface area (Å²) < 4.78 is 41.9. The van der Waals surface area contributed by atoms with E-state index in [4.69, 9.17) is 9.47 Å². The van der Waals surface area contributed by atoms with Gasteiger partial charge in [-0.05, 0) is 76.7 Å². The van der Waals surface area contributed by atoms with Gasteiger partial charge in [-0.3, -0.25) is 9.80 Å². The number of carbonyl (C=O) groups excluding carboxylic acids is 2. The quantitative estimate of drug-likeness (QED) is 0.178. The van der Waals surface area contributed by atoms with Crippen molar-refractivity contribution in [1.82, 2.24) is 18.9 Å². The molecule has 2 atom stereocenters. The average Bonchev–Trinajstić information content (AvgIpc) is 3.44. The number of ether oxygens (including phenoxy) is 2. The Bertz CT molecular complexity index is 1360. The zero-order valence-electron chi connectivity index (χ0n) is 21.7. The van der Waals surface area contributed by atoms with Gasteiger partial charge in [0.2, 0.25) is 0 Å². The number of halogens is 2. The number of benzene rings is 2. The highest BCUT2D eigenvalue weighted by Gasteiger charge is 2.20. The van der Waals surface area contributed by atoms with E-state index in [1.54, 1.807) is 74.6 Å². The Kier molecular flexibility index (Phi) is 8.23. The van der Waals surface area contributed by atoms with Crippen LogP contribution in [0.5, 0.6) is 0 Å². The fourth-order valence-electron chi connectivity index (χ4n) is 4.09. The number of likely N-dealkylation sites (N-methyl/N-ethyl adjacent to an activating group) is 2. The van der Waals surface area contributed by atoms with E-state index in [1.165, 1.54) is 24.3 Å². The van der Waals surface area contributed by atoms with E-state index >= 15 is 0 Å². The molecule has 4 aromatic rings. The standard InChI is InChI=1S/C28H30F2N4O4/c1-31(2)25(17-33-13-11-19-15-21(29)5-7-23(19)33)37-27(35)9-10-28(36)38-26(32(3)4)18-34-14-12-20-16-22(30)6-8-24(20)34/h5-16,25-26H,17-18H2,1-4H3/b10-9+. The van der Waals surface area contributed by atoms with Crippen molar-refractivity contribution in [2.75, 3.05) is 28.2 Å². The summed E-state index contributed by atoms with van der Waals surface area (Å²) in [5.74, 6) is -2.06. The number of rotatable bonds is 10. The molecule has 0 amide bonds. The number of carbonyl (C=O) groups is 2. The summed E-state index contributed by atoms with van der Waals surface area (Å²) >= 11 is 0. The van der Waals surface area contributed by atoms with Crippen LogP contribution in [0.25, 0.3) is 21.8 Å². The molecule has 0 saturated carbocycles. The molecule has 10 heteroatoms. The molecule has 2 aromatic heterocycles. The Morgan fingerprint density at radius 2 is 1.13 bits per heavy atom. The number of hydrogen-bond donors (Lipinski definition) is 0. The highest BCUT2D eigenvalue weighted by atomic mass is 19.1. The third-order valence-corrected chi connectivity index (χ3v) is 6.18. The van der Waals surface area contributed by atoms with Crippen LogP contribution in [-0.4, -0.2) is 71.5 Å². The molecule has 0 N–H and O–H groups in total. The molecule has 0 aliphatic rings. The molecule has 2 unspecified atom stereocenters. The van der Waals surface area contributed by atoms with Gasteiger partial charge in [0.15, 0.2) is 12.5 Å². The first-order valence-electron chi connectivity index (χ1n) is 12.0. The van der Waals surface area contributed by atoms with Crippen molar-refractivity contribution >= 4 is 33.7 Å². The van der Waals surface area contributed by atoms with E-state index in [9.17, 15) is 18.4 Å². The van der Waals surface area contributed by atoms with E-state index in [2.05, 4.69) is 0 Å². The Balaban J connectivity index is 1.37. The van der Waals surface area contributed by atoms with E-state index < -0.39 is 24.4 Å². The molecular formula is C28H30F2N4O4. The van der Waals surface area contributed by atoms with Crippen LogP contribution in [0.2, 0.25) is 0 Å². The number of fused-ring (bicyclic) bond motifs is 2. The fraction of sp³-hybridized carbons (Fsp3) is 0.286. The van der Waals surface area contributed by atoms with Crippen molar-refractivity contribution in [3.05, 3.63) is 84.7 Å². The summed E-state index contributed by atoms with van der Waals surface area (Å²) in [4.78, 5) is 28.5. The zero-order chi connectivity index (χ0) is 27.4. The summed E-state index contributed by atoms with van der Waals surface area (Å²) in [5.41, 5.74) is 1.62. The van der Waals surface area contributed by atoms with Crippen molar-refractivity contribution in [1.29, 1.82) is 0 Å². The molecule has 0 saturated heterocycles. The van der Waals surface area contributed by atoms with Crippen molar-refractivity contribution in [3.8, 4) is 0 Å². The first-order valence-corrected chi connectivity index (χ1v) is 12.0. The summed E-state index contributed by atoms with van der Waals surface area (Å²) in [6.45, 7) is 0.618. The number of hydrogen-bond acceptors (Lipinski definition) is 6. The van der Waals surface area contributed by atoms with Crippen LogP contribution in [0, 0.1) is 11.6 Å². The summed E-state index contributed by atoms with van der Waals surface area (Å²) in [7, 11) is 7.06. The second-order valence-corrected chi connectivity index (χ2v) is 9.39. The average molecular weight is 525 g/mol. The van der Waals surface area contributed by atoms with Gasteiger partial charge in [0.05, 0.1) is 13.1 Å². The predicted molar refractivity (Wildman–Crippen MR) is 140 cm³/mol. The van der Waals surface area contributed by atoms with Crippen molar-refractivity contribution < 1.29 is 27.8 Å². The fourth-order valence-corrected chi connectivity index (χ4v) is 4.09. The molecule has 200 valence electrons. The highest BCUT2D eigenvalue weighted by molar-refractivity contribution is 5.91. The summed E-state index contributed by atoms with van der Waals surface area (Å²) in [6.07, 6.45) is 4.39. The lowest BCUT2D eigenvalue weighted by atomic mass is 10.2. The number of esters is 2. The van der Waals surface area contributed by atoms with E-state index in [0.29, 0.717) is 13.1 Å². The second kappa shape index (κ2) is 11.6. The molecule has 0 aliphatic carbocycles. The van der Waals surface area contributed by atoms with E-state index in [1.807, 2.05) is 9.13 Å². The van der Waals surface area contributed by atoms with Crippen LogP contribution < -0.4 is 0 Å². The number of aromatic nitrogens is 2. The van der Waals surface area contributed by atoms with Gasteiger partial charge in [-0.2, -0.15) is 0 Å². The zero-order valence-corrected chi connectivity index (χ0v) is 21.7. The van der Waals surface area contributed by atoms with Crippen LogP contribution >= 0.6 is 0 Å². The molecule has 4 rings (SSSR count). The van der Waals surface area contributed by atoms with E-state index in [-0.39, 0.29) is 11.6 Å². The Morgan fingerprint density at radius 1 is 0.737 bits per heavy atom. The minimum Gasteiger partial charge on any atom is -0.441 e. The van der Waals surface area contributed by atoms with Crippen molar-refractivity contribution in [3.63, 3.8) is 0 Å². The molecule has 38 heavy (non-hydrogen) atoms. The third kappa shape index (κ3) is 6.45. The number of nitrogens with zero attached hydrogens (tertiary/aromatic N) is 4.